The van der Waals surface area contributed by atoms with Crippen molar-refractivity contribution in [1.29, 1.82) is 5.26 Å². The van der Waals surface area contributed by atoms with Crippen LogP contribution >= 0.6 is 15.9 Å². The summed E-state index contributed by atoms with van der Waals surface area (Å²) in [6.07, 6.45) is 7.16. The second kappa shape index (κ2) is 4.28. The third kappa shape index (κ3) is 2.48. The Bertz CT molecular complexity index is 175. The normalized spacial score (nSPS) is 35.9. The third-order valence-corrected chi connectivity index (χ3v) is 3.77. The topological polar surface area (TPSA) is 23.8 Å². The summed E-state index contributed by atoms with van der Waals surface area (Å²) in [5, 5.41) is 8.87. The average molecular weight is 230 g/mol. The van der Waals surface area contributed by atoms with E-state index in [1.807, 2.05) is 0 Å². The van der Waals surface area contributed by atoms with Gasteiger partial charge in [0.15, 0.2) is 0 Å². The summed E-state index contributed by atoms with van der Waals surface area (Å²) >= 11 is 3.51. The third-order valence-electron chi connectivity index (χ3n) is 2.80. The Labute approximate surface area is 83.3 Å². The fraction of sp³-hybridized carbons (Fsp3) is 0.900. The molecule has 1 aliphatic carbocycles. The number of nitriles is 1. The fourth-order valence-corrected chi connectivity index (χ4v) is 2.40. The molecule has 1 aliphatic rings. The van der Waals surface area contributed by atoms with Gasteiger partial charge in [0.05, 0.1) is 6.07 Å². The molecule has 0 atom stereocenters. The van der Waals surface area contributed by atoms with Crippen LogP contribution in [0.3, 0.4) is 0 Å². The maximum Gasteiger partial charge on any atom is 0.112 e. The van der Waals surface area contributed by atoms with Gasteiger partial charge in [0, 0.05) is 0 Å². The lowest BCUT2D eigenvalue weighted by Gasteiger charge is -2.30. The average Bonchev–Trinajstić information content (AvgIpc) is 2.10. The van der Waals surface area contributed by atoms with Gasteiger partial charge >= 0.3 is 0 Å². The second-order valence-electron chi connectivity index (χ2n) is 3.81. The van der Waals surface area contributed by atoms with E-state index in [1.165, 1.54) is 25.7 Å². The van der Waals surface area contributed by atoms with Crippen molar-refractivity contribution in [2.24, 2.45) is 5.92 Å². The van der Waals surface area contributed by atoms with E-state index in [2.05, 4.69) is 28.9 Å². The van der Waals surface area contributed by atoms with Crippen LogP contribution in [-0.2, 0) is 0 Å². The molecule has 1 nitrogen and oxygen atoms in total. The first kappa shape index (κ1) is 10.1. The first-order valence-corrected chi connectivity index (χ1v) is 5.59. The lowest BCUT2D eigenvalue weighted by molar-refractivity contribution is 0.319. The fourth-order valence-electron chi connectivity index (χ4n) is 1.94. The van der Waals surface area contributed by atoms with Crippen LogP contribution in [0, 0.1) is 17.2 Å². The van der Waals surface area contributed by atoms with E-state index in [-0.39, 0.29) is 4.32 Å². The van der Waals surface area contributed by atoms with Crippen LogP contribution in [0.4, 0.5) is 0 Å². The first-order valence-electron chi connectivity index (χ1n) is 4.80. The van der Waals surface area contributed by atoms with Gasteiger partial charge in [-0.1, -0.05) is 35.7 Å². The zero-order valence-electron chi connectivity index (χ0n) is 7.65. The van der Waals surface area contributed by atoms with E-state index in [9.17, 15) is 0 Å². The lowest BCUT2D eigenvalue weighted by atomic mass is 9.80. The Morgan fingerprint density at radius 1 is 1.50 bits per heavy atom. The summed E-state index contributed by atoms with van der Waals surface area (Å²) < 4.78 is -0.183. The van der Waals surface area contributed by atoms with E-state index in [4.69, 9.17) is 5.26 Å². The predicted octanol–water partition coefficient (Wildman–Crippen LogP) is 3.63. The standard InChI is InChI=1S/C10H16BrN/c1-2-3-9-4-6-10(11,8-12)7-5-9/h9H,2-7H2,1H3. The van der Waals surface area contributed by atoms with Gasteiger partial charge in [-0.15, -0.1) is 0 Å². The van der Waals surface area contributed by atoms with Crippen molar-refractivity contribution in [3.05, 3.63) is 0 Å². The largest absolute Gasteiger partial charge is 0.197 e. The lowest BCUT2D eigenvalue weighted by Crippen LogP contribution is -2.25. The highest BCUT2D eigenvalue weighted by Gasteiger charge is 2.32. The number of hydrogen-bond acceptors (Lipinski definition) is 1. The highest BCUT2D eigenvalue weighted by molar-refractivity contribution is 9.10. The number of hydrogen-bond donors (Lipinski definition) is 0. The number of alkyl halides is 1. The van der Waals surface area contributed by atoms with Crippen molar-refractivity contribution in [1.82, 2.24) is 0 Å². The van der Waals surface area contributed by atoms with Gasteiger partial charge in [0.2, 0.25) is 0 Å². The van der Waals surface area contributed by atoms with Crippen LogP contribution in [0.25, 0.3) is 0 Å². The van der Waals surface area contributed by atoms with E-state index < -0.39 is 0 Å². The number of nitrogens with zero attached hydrogens (tertiary/aromatic N) is 1. The molecule has 0 aromatic heterocycles. The van der Waals surface area contributed by atoms with Gasteiger partial charge in [-0.3, -0.25) is 0 Å². The summed E-state index contributed by atoms with van der Waals surface area (Å²) in [7, 11) is 0. The monoisotopic (exact) mass is 229 g/mol. The molecule has 0 spiro atoms. The van der Waals surface area contributed by atoms with E-state index in [0.29, 0.717) is 0 Å². The Balaban J connectivity index is 2.35. The van der Waals surface area contributed by atoms with Crippen LogP contribution < -0.4 is 0 Å². The minimum absolute atomic E-state index is 0.183. The van der Waals surface area contributed by atoms with Crippen molar-refractivity contribution < 1.29 is 0 Å². The molecule has 0 aromatic rings. The van der Waals surface area contributed by atoms with Crippen molar-refractivity contribution >= 4 is 15.9 Å². The summed E-state index contributed by atoms with van der Waals surface area (Å²) in [5.41, 5.74) is 0. The van der Waals surface area contributed by atoms with E-state index >= 15 is 0 Å². The predicted molar refractivity (Wildman–Crippen MR) is 54.1 cm³/mol. The van der Waals surface area contributed by atoms with Crippen LogP contribution in [0.5, 0.6) is 0 Å². The van der Waals surface area contributed by atoms with E-state index in [1.54, 1.807) is 0 Å². The van der Waals surface area contributed by atoms with Gasteiger partial charge in [0.1, 0.15) is 4.32 Å². The smallest absolute Gasteiger partial charge is 0.112 e. The molecule has 0 unspecified atom stereocenters. The van der Waals surface area contributed by atoms with Crippen LogP contribution in [0.2, 0.25) is 0 Å². The highest BCUT2D eigenvalue weighted by Crippen LogP contribution is 2.39. The molecule has 0 bridgehead atoms. The SMILES string of the molecule is CCCC1CCC(Br)(C#N)CC1. The van der Waals surface area contributed by atoms with Gasteiger partial charge in [-0.2, -0.15) is 5.26 Å². The van der Waals surface area contributed by atoms with Crippen LogP contribution in [-0.4, -0.2) is 4.32 Å². The minimum Gasteiger partial charge on any atom is -0.197 e. The molecular weight excluding hydrogens is 214 g/mol. The minimum atomic E-state index is -0.183. The Kier molecular flexibility index (Phi) is 3.58. The first-order chi connectivity index (χ1) is 5.70. The molecule has 12 heavy (non-hydrogen) atoms. The van der Waals surface area contributed by atoms with Gasteiger partial charge in [0.25, 0.3) is 0 Å². The molecule has 1 fully saturated rings. The maximum atomic E-state index is 8.87. The van der Waals surface area contributed by atoms with Crippen molar-refractivity contribution in [3.63, 3.8) is 0 Å². The molecule has 0 heterocycles. The molecule has 0 N–H and O–H groups in total. The molecule has 2 heteroatoms. The molecule has 1 saturated carbocycles. The molecule has 0 aliphatic heterocycles. The summed E-state index contributed by atoms with van der Waals surface area (Å²) in [6.45, 7) is 2.24. The van der Waals surface area contributed by atoms with Crippen molar-refractivity contribution in [3.8, 4) is 6.07 Å². The maximum absolute atomic E-state index is 8.87. The van der Waals surface area contributed by atoms with Crippen LogP contribution in [0.15, 0.2) is 0 Å². The van der Waals surface area contributed by atoms with E-state index in [0.717, 1.165) is 18.8 Å². The van der Waals surface area contributed by atoms with Gasteiger partial charge < -0.3 is 0 Å². The number of halogens is 1. The zero-order chi connectivity index (χ0) is 9.03. The molecular formula is C10H16BrN. The molecule has 0 saturated heterocycles. The molecule has 0 amide bonds. The van der Waals surface area contributed by atoms with Crippen molar-refractivity contribution in [2.45, 2.75) is 49.8 Å². The van der Waals surface area contributed by atoms with Crippen molar-refractivity contribution in [2.75, 3.05) is 0 Å². The second-order valence-corrected chi connectivity index (χ2v) is 5.33. The van der Waals surface area contributed by atoms with Gasteiger partial charge in [-0.25, -0.2) is 0 Å². The molecule has 0 radical (unpaired) electrons. The zero-order valence-corrected chi connectivity index (χ0v) is 9.23. The molecule has 68 valence electrons. The Morgan fingerprint density at radius 3 is 2.50 bits per heavy atom. The quantitative estimate of drug-likeness (QED) is 0.664. The molecule has 0 aromatic carbocycles. The van der Waals surface area contributed by atoms with Crippen LogP contribution in [0.1, 0.15) is 45.4 Å². The highest BCUT2D eigenvalue weighted by atomic mass is 79.9. The number of rotatable bonds is 2. The summed E-state index contributed by atoms with van der Waals surface area (Å²) in [6, 6.07) is 2.36. The summed E-state index contributed by atoms with van der Waals surface area (Å²) in [4.78, 5) is 0. The Hall–Kier alpha value is -0.0300. The summed E-state index contributed by atoms with van der Waals surface area (Å²) in [5.74, 6) is 0.883. The Morgan fingerprint density at radius 2 is 2.08 bits per heavy atom. The van der Waals surface area contributed by atoms with Gasteiger partial charge in [-0.05, 0) is 31.6 Å². The molecule has 1 rings (SSSR count).